The van der Waals surface area contributed by atoms with Gasteiger partial charge in [0, 0.05) is 30.8 Å². The van der Waals surface area contributed by atoms with Crippen LogP contribution < -0.4 is 0 Å². The minimum Gasteiger partial charge on any atom is -0.340 e. The number of nitrogens with zero attached hydrogens (tertiary/aromatic N) is 4. The Labute approximate surface area is 153 Å². The Hall–Kier alpha value is -3.00. The maximum Gasteiger partial charge on any atom is 0.227 e. The molecule has 0 aliphatic rings. The van der Waals surface area contributed by atoms with Crippen LogP contribution in [0.25, 0.3) is 22.4 Å². The van der Waals surface area contributed by atoms with Gasteiger partial charge in [-0.2, -0.15) is 16.3 Å². The molecule has 0 aliphatic heterocycles. The molecule has 132 valence electrons. The van der Waals surface area contributed by atoms with Crippen molar-refractivity contribution >= 4 is 28.3 Å². The second-order valence-corrected chi connectivity index (χ2v) is 6.75. The lowest BCUT2D eigenvalue weighted by Gasteiger charge is -2.14. The largest absolute Gasteiger partial charge is 0.340 e. The number of nitrogens with one attached hydrogen (secondary N) is 1. The Morgan fingerprint density at radius 1 is 1.27 bits per heavy atom. The number of carbonyl (C=O) groups is 1. The lowest BCUT2D eigenvalue weighted by atomic mass is 10.2. The summed E-state index contributed by atoms with van der Waals surface area (Å²) in [6.07, 6.45) is 0.725. The number of benzene rings is 1. The molecule has 1 amide bonds. The van der Waals surface area contributed by atoms with Gasteiger partial charge >= 0.3 is 0 Å². The first-order valence-electron chi connectivity index (χ1n) is 8.22. The third-order valence-corrected chi connectivity index (χ3v) is 4.73. The van der Waals surface area contributed by atoms with E-state index in [9.17, 15) is 4.79 Å². The molecule has 0 saturated carbocycles. The molecule has 3 heterocycles. The smallest absolute Gasteiger partial charge is 0.227 e. The van der Waals surface area contributed by atoms with Crippen molar-refractivity contribution in [1.82, 2.24) is 25.0 Å². The summed E-state index contributed by atoms with van der Waals surface area (Å²) in [7, 11) is 1.76. The fraction of sp³-hybridized carbons (Fsp3) is 0.222. The molecular formula is C18H17N5O2S. The minimum absolute atomic E-state index is 0.000685. The summed E-state index contributed by atoms with van der Waals surface area (Å²) in [5, 5.41) is 7.87. The van der Waals surface area contributed by atoms with Crippen LogP contribution in [0, 0.1) is 0 Å². The Morgan fingerprint density at radius 3 is 2.96 bits per heavy atom. The van der Waals surface area contributed by atoms with E-state index in [1.807, 2.05) is 41.1 Å². The summed E-state index contributed by atoms with van der Waals surface area (Å²) in [6, 6.07) is 9.74. The molecule has 0 spiro atoms. The molecule has 0 saturated heterocycles. The van der Waals surface area contributed by atoms with Crippen molar-refractivity contribution in [2.24, 2.45) is 0 Å². The number of rotatable bonds is 6. The van der Waals surface area contributed by atoms with Crippen molar-refractivity contribution in [2.45, 2.75) is 19.4 Å². The summed E-state index contributed by atoms with van der Waals surface area (Å²) in [5.74, 6) is 1.79. The van der Waals surface area contributed by atoms with E-state index in [0.717, 1.165) is 22.4 Å². The van der Waals surface area contributed by atoms with Gasteiger partial charge < -0.3 is 14.4 Å². The Kier molecular flexibility index (Phi) is 4.49. The first-order chi connectivity index (χ1) is 12.7. The van der Waals surface area contributed by atoms with Crippen LogP contribution in [-0.4, -0.2) is 38.0 Å². The number of aryl methyl sites for hydroxylation is 1. The highest BCUT2D eigenvalue weighted by atomic mass is 32.1. The van der Waals surface area contributed by atoms with Gasteiger partial charge in [-0.3, -0.25) is 4.79 Å². The Bertz CT molecular complexity index is 988. The number of aromatic nitrogens is 4. The molecule has 0 unspecified atom stereocenters. The topological polar surface area (TPSA) is 87.9 Å². The molecule has 0 atom stereocenters. The fourth-order valence-electron chi connectivity index (χ4n) is 2.66. The molecule has 1 N–H and O–H groups in total. The van der Waals surface area contributed by atoms with Gasteiger partial charge in [0.05, 0.1) is 17.6 Å². The summed E-state index contributed by atoms with van der Waals surface area (Å²) >= 11 is 1.58. The van der Waals surface area contributed by atoms with Crippen LogP contribution in [0.5, 0.6) is 0 Å². The van der Waals surface area contributed by atoms with Crippen molar-refractivity contribution in [3.05, 3.63) is 52.8 Å². The SMILES string of the molecule is CN(Cc1nc2ccccc2[nH]1)C(=O)CCc1nc(-c2ccsc2)no1. The number of hydrogen-bond acceptors (Lipinski definition) is 6. The summed E-state index contributed by atoms with van der Waals surface area (Å²) < 4.78 is 5.23. The molecule has 0 radical (unpaired) electrons. The fourth-order valence-corrected chi connectivity index (χ4v) is 3.30. The summed E-state index contributed by atoms with van der Waals surface area (Å²) in [5.41, 5.74) is 2.80. The molecule has 7 nitrogen and oxygen atoms in total. The van der Waals surface area contributed by atoms with Gasteiger partial charge in [0.1, 0.15) is 5.82 Å². The quantitative estimate of drug-likeness (QED) is 0.565. The van der Waals surface area contributed by atoms with Crippen molar-refractivity contribution in [3.63, 3.8) is 0 Å². The monoisotopic (exact) mass is 367 g/mol. The van der Waals surface area contributed by atoms with Crippen LogP contribution in [0.2, 0.25) is 0 Å². The van der Waals surface area contributed by atoms with E-state index in [4.69, 9.17) is 4.52 Å². The Morgan fingerprint density at radius 2 is 2.15 bits per heavy atom. The zero-order valence-electron chi connectivity index (χ0n) is 14.2. The zero-order valence-corrected chi connectivity index (χ0v) is 15.0. The molecule has 1 aromatic carbocycles. The molecule has 4 aromatic rings. The molecule has 0 aliphatic carbocycles. The molecule has 3 aromatic heterocycles. The van der Waals surface area contributed by atoms with Crippen LogP contribution in [0.1, 0.15) is 18.1 Å². The first kappa shape index (κ1) is 16.5. The van der Waals surface area contributed by atoms with E-state index in [1.165, 1.54) is 0 Å². The predicted octanol–water partition coefficient (Wildman–Crippen LogP) is 3.27. The van der Waals surface area contributed by atoms with E-state index in [2.05, 4.69) is 20.1 Å². The van der Waals surface area contributed by atoms with Crippen LogP contribution in [0.15, 0.2) is 45.6 Å². The number of imidazole rings is 1. The van der Waals surface area contributed by atoms with Gasteiger partial charge in [-0.15, -0.1) is 0 Å². The molecule has 0 bridgehead atoms. The van der Waals surface area contributed by atoms with Gasteiger partial charge in [-0.05, 0) is 23.6 Å². The van der Waals surface area contributed by atoms with E-state index >= 15 is 0 Å². The van der Waals surface area contributed by atoms with Gasteiger partial charge in [-0.1, -0.05) is 17.3 Å². The van der Waals surface area contributed by atoms with Crippen LogP contribution >= 0.6 is 11.3 Å². The molecule has 0 fully saturated rings. The normalized spacial score (nSPS) is 11.1. The molecule has 4 rings (SSSR count). The minimum atomic E-state index is 0.000685. The number of hydrogen-bond donors (Lipinski definition) is 1. The maximum absolute atomic E-state index is 12.4. The maximum atomic E-state index is 12.4. The van der Waals surface area contributed by atoms with Crippen LogP contribution in [-0.2, 0) is 17.8 Å². The molecule has 8 heteroatoms. The standard InChI is InChI=1S/C18H17N5O2S/c1-23(10-15-19-13-4-2-3-5-14(13)20-15)17(24)7-6-16-21-18(22-25-16)12-8-9-26-11-12/h2-5,8-9,11H,6-7,10H2,1H3,(H,19,20). The molecular weight excluding hydrogens is 350 g/mol. The van der Waals surface area contributed by atoms with Gasteiger partial charge in [0.2, 0.25) is 17.6 Å². The van der Waals surface area contributed by atoms with Crippen LogP contribution in [0.4, 0.5) is 0 Å². The number of amides is 1. The van der Waals surface area contributed by atoms with Gasteiger partial charge in [0.15, 0.2) is 0 Å². The highest BCUT2D eigenvalue weighted by molar-refractivity contribution is 7.08. The third-order valence-electron chi connectivity index (χ3n) is 4.05. The number of H-pyrrole nitrogens is 1. The summed E-state index contributed by atoms with van der Waals surface area (Å²) in [4.78, 5) is 26.1. The van der Waals surface area contributed by atoms with Crippen molar-refractivity contribution < 1.29 is 9.32 Å². The van der Waals surface area contributed by atoms with Crippen molar-refractivity contribution in [1.29, 1.82) is 0 Å². The molecule has 26 heavy (non-hydrogen) atoms. The van der Waals surface area contributed by atoms with Crippen LogP contribution in [0.3, 0.4) is 0 Å². The second-order valence-electron chi connectivity index (χ2n) is 5.97. The lowest BCUT2D eigenvalue weighted by Crippen LogP contribution is -2.26. The predicted molar refractivity (Wildman–Crippen MR) is 98.5 cm³/mol. The highest BCUT2D eigenvalue weighted by Gasteiger charge is 2.15. The average molecular weight is 367 g/mol. The number of thiophene rings is 1. The number of para-hydroxylation sites is 2. The van der Waals surface area contributed by atoms with Crippen molar-refractivity contribution in [2.75, 3.05) is 7.05 Å². The first-order valence-corrected chi connectivity index (χ1v) is 9.16. The van der Waals surface area contributed by atoms with Crippen molar-refractivity contribution in [3.8, 4) is 11.4 Å². The average Bonchev–Trinajstić information content (AvgIpc) is 3.38. The van der Waals surface area contributed by atoms with E-state index in [-0.39, 0.29) is 5.91 Å². The Balaban J connectivity index is 1.34. The van der Waals surface area contributed by atoms with E-state index in [1.54, 1.807) is 23.3 Å². The van der Waals surface area contributed by atoms with E-state index < -0.39 is 0 Å². The zero-order chi connectivity index (χ0) is 17.9. The lowest BCUT2D eigenvalue weighted by molar-refractivity contribution is -0.130. The van der Waals surface area contributed by atoms with Gasteiger partial charge in [0.25, 0.3) is 0 Å². The second kappa shape index (κ2) is 7.09. The third kappa shape index (κ3) is 3.50. The summed E-state index contributed by atoms with van der Waals surface area (Å²) in [6.45, 7) is 0.428. The highest BCUT2D eigenvalue weighted by Crippen LogP contribution is 2.19. The van der Waals surface area contributed by atoms with E-state index in [0.29, 0.717) is 31.1 Å². The number of aromatic amines is 1. The number of carbonyl (C=O) groups excluding carboxylic acids is 1. The number of fused-ring (bicyclic) bond motifs is 1. The van der Waals surface area contributed by atoms with Gasteiger partial charge in [-0.25, -0.2) is 4.98 Å².